The van der Waals surface area contributed by atoms with E-state index in [-0.39, 0.29) is 11.2 Å². The number of carbonyl (C=O) groups is 2. The molecule has 23 heavy (non-hydrogen) atoms. The first kappa shape index (κ1) is 17.8. The van der Waals surface area contributed by atoms with Crippen molar-refractivity contribution in [2.75, 3.05) is 19.3 Å². The Morgan fingerprint density at radius 3 is 2.17 bits per heavy atom. The smallest absolute Gasteiger partial charge is 0.235 e. The predicted octanol–water partition coefficient (Wildman–Crippen LogP) is 3.28. The van der Waals surface area contributed by atoms with Gasteiger partial charge in [-0.1, -0.05) is 0 Å². The molecule has 3 nitrogen and oxygen atoms in total. The minimum Gasteiger partial charge on any atom is -0.342 e. The molecule has 0 unspecified atom stereocenters. The second kappa shape index (κ2) is 7.38. The van der Waals surface area contributed by atoms with Crippen LogP contribution in [0.15, 0.2) is 12.1 Å². The highest BCUT2D eigenvalue weighted by molar-refractivity contribution is 7.99. The molecule has 1 aliphatic rings. The number of rotatable bonds is 4. The highest BCUT2D eigenvalue weighted by atomic mass is 32.2. The minimum atomic E-state index is -1.18. The number of ketones is 1. The van der Waals surface area contributed by atoms with Crippen LogP contribution in [0.3, 0.4) is 0 Å². The molecule has 0 spiro atoms. The van der Waals surface area contributed by atoms with Gasteiger partial charge in [0.1, 0.15) is 17.5 Å². The number of likely N-dealkylation sites (tertiary alicyclic amines) is 1. The first-order valence-corrected chi connectivity index (χ1v) is 8.64. The number of hydrogen-bond donors (Lipinski definition) is 0. The number of benzene rings is 1. The highest BCUT2D eigenvalue weighted by Crippen LogP contribution is 2.26. The molecule has 0 saturated carbocycles. The van der Waals surface area contributed by atoms with E-state index in [0.29, 0.717) is 38.1 Å². The van der Waals surface area contributed by atoms with Crippen LogP contribution in [0.25, 0.3) is 0 Å². The molecule has 0 radical (unpaired) electrons. The van der Waals surface area contributed by atoms with E-state index in [1.807, 2.05) is 13.2 Å². The number of amides is 1. The molecule has 1 fully saturated rings. The Morgan fingerprint density at radius 1 is 1.17 bits per heavy atom. The van der Waals surface area contributed by atoms with Crippen LogP contribution in [0.2, 0.25) is 0 Å². The van der Waals surface area contributed by atoms with Crippen LogP contribution in [-0.2, 0) is 4.79 Å². The number of nitrogens with zero attached hydrogens (tertiary/aromatic N) is 1. The number of thioether (sulfide) groups is 1. The van der Waals surface area contributed by atoms with Crippen molar-refractivity contribution < 1.29 is 22.8 Å². The van der Waals surface area contributed by atoms with Crippen molar-refractivity contribution in [3.63, 3.8) is 0 Å². The average Bonchev–Trinajstić information content (AvgIpc) is 2.52. The van der Waals surface area contributed by atoms with Gasteiger partial charge in [-0.15, -0.1) is 0 Å². The zero-order chi connectivity index (χ0) is 17.1. The van der Waals surface area contributed by atoms with Gasteiger partial charge in [-0.2, -0.15) is 11.8 Å². The lowest BCUT2D eigenvalue weighted by Crippen LogP contribution is -2.43. The van der Waals surface area contributed by atoms with Crippen LogP contribution < -0.4 is 0 Å². The molecule has 1 atom stereocenters. The van der Waals surface area contributed by atoms with Gasteiger partial charge in [0, 0.05) is 31.1 Å². The highest BCUT2D eigenvalue weighted by Gasteiger charge is 2.32. The molecule has 1 heterocycles. The van der Waals surface area contributed by atoms with Gasteiger partial charge in [-0.25, -0.2) is 13.2 Å². The number of piperidine rings is 1. The van der Waals surface area contributed by atoms with E-state index >= 15 is 0 Å². The zero-order valence-electron chi connectivity index (χ0n) is 12.9. The number of hydrogen-bond acceptors (Lipinski definition) is 3. The Hall–Kier alpha value is -1.50. The van der Waals surface area contributed by atoms with Gasteiger partial charge in [-0.3, -0.25) is 9.59 Å². The third-order valence-electron chi connectivity index (χ3n) is 4.13. The summed E-state index contributed by atoms with van der Waals surface area (Å²) < 4.78 is 40.3. The van der Waals surface area contributed by atoms with E-state index < -0.39 is 34.7 Å². The molecule has 0 aromatic heterocycles. The van der Waals surface area contributed by atoms with Gasteiger partial charge in [0.05, 0.1) is 10.8 Å². The molecular formula is C16H18F3NO2S. The molecule has 1 aromatic rings. The van der Waals surface area contributed by atoms with Crippen molar-refractivity contribution in [3.8, 4) is 0 Å². The maximum Gasteiger partial charge on any atom is 0.235 e. The Balaban J connectivity index is 2.06. The maximum atomic E-state index is 13.7. The van der Waals surface area contributed by atoms with E-state index in [1.54, 1.807) is 4.90 Å². The Labute approximate surface area is 137 Å². The Bertz CT molecular complexity index is 592. The van der Waals surface area contributed by atoms with Crippen LogP contribution in [0.4, 0.5) is 13.2 Å². The summed E-state index contributed by atoms with van der Waals surface area (Å²) in [4.78, 5) is 26.1. The van der Waals surface area contributed by atoms with Gasteiger partial charge in [0.2, 0.25) is 5.91 Å². The first-order chi connectivity index (χ1) is 10.8. The summed E-state index contributed by atoms with van der Waals surface area (Å²) in [5.41, 5.74) is -0.686. The number of carbonyl (C=O) groups excluding carboxylic acids is 2. The summed E-state index contributed by atoms with van der Waals surface area (Å²) in [5.74, 6) is -4.63. The predicted molar refractivity (Wildman–Crippen MR) is 82.9 cm³/mol. The second-order valence-electron chi connectivity index (χ2n) is 5.59. The largest absolute Gasteiger partial charge is 0.342 e. The van der Waals surface area contributed by atoms with Crippen molar-refractivity contribution in [2.45, 2.75) is 25.0 Å². The molecule has 1 aliphatic heterocycles. The SMILES string of the molecule is CS[C@H](C)C(=O)N1CCC(C(=O)c2c(F)cc(F)cc2F)CC1. The molecule has 1 amide bonds. The van der Waals surface area contributed by atoms with E-state index in [4.69, 9.17) is 0 Å². The van der Waals surface area contributed by atoms with Gasteiger partial charge in [0.25, 0.3) is 0 Å². The summed E-state index contributed by atoms with van der Waals surface area (Å²) in [6.45, 7) is 2.57. The first-order valence-electron chi connectivity index (χ1n) is 7.35. The van der Waals surface area contributed by atoms with E-state index in [2.05, 4.69) is 0 Å². The molecule has 0 N–H and O–H groups in total. The quantitative estimate of drug-likeness (QED) is 0.786. The van der Waals surface area contributed by atoms with Gasteiger partial charge in [-0.05, 0) is 26.0 Å². The van der Waals surface area contributed by atoms with Gasteiger partial charge in [0.15, 0.2) is 5.78 Å². The average molecular weight is 345 g/mol. The van der Waals surface area contributed by atoms with Crippen molar-refractivity contribution in [1.82, 2.24) is 4.90 Å². The van der Waals surface area contributed by atoms with Gasteiger partial charge < -0.3 is 4.90 Å². The minimum absolute atomic E-state index is 0.00235. The molecule has 7 heteroatoms. The van der Waals surface area contributed by atoms with Crippen molar-refractivity contribution in [1.29, 1.82) is 0 Å². The van der Waals surface area contributed by atoms with Crippen molar-refractivity contribution >= 4 is 23.5 Å². The fourth-order valence-corrected chi connectivity index (χ4v) is 3.05. The summed E-state index contributed by atoms with van der Waals surface area (Å²) >= 11 is 1.44. The summed E-state index contributed by atoms with van der Waals surface area (Å²) in [6.07, 6.45) is 2.54. The monoisotopic (exact) mass is 345 g/mol. The third kappa shape index (κ3) is 3.88. The fourth-order valence-electron chi connectivity index (χ4n) is 2.70. The summed E-state index contributed by atoms with van der Waals surface area (Å²) in [7, 11) is 0. The third-order valence-corrected chi connectivity index (χ3v) is 5.04. The maximum absolute atomic E-state index is 13.7. The lowest BCUT2D eigenvalue weighted by Gasteiger charge is -2.32. The standard InChI is InChI=1S/C16H18F3NO2S/c1-9(23-2)16(22)20-5-3-10(4-6-20)15(21)14-12(18)7-11(17)8-13(14)19/h7-10H,3-6H2,1-2H3/t9-/m1/s1. The molecule has 0 aliphatic carbocycles. The van der Waals surface area contributed by atoms with Crippen molar-refractivity contribution in [3.05, 3.63) is 35.1 Å². The van der Waals surface area contributed by atoms with E-state index in [9.17, 15) is 22.8 Å². The fraction of sp³-hybridized carbons (Fsp3) is 0.500. The lowest BCUT2D eigenvalue weighted by atomic mass is 9.88. The molecule has 0 bridgehead atoms. The summed E-state index contributed by atoms with van der Waals surface area (Å²) in [5, 5.41) is -0.158. The van der Waals surface area contributed by atoms with Crippen LogP contribution >= 0.6 is 11.8 Å². The Morgan fingerprint density at radius 2 is 1.70 bits per heavy atom. The second-order valence-corrected chi connectivity index (χ2v) is 6.76. The number of halogens is 3. The van der Waals surface area contributed by atoms with Crippen molar-refractivity contribution in [2.24, 2.45) is 5.92 Å². The molecule has 1 saturated heterocycles. The molecule has 1 aromatic carbocycles. The Kier molecular flexibility index (Phi) is 5.73. The van der Waals surface area contributed by atoms with Crippen LogP contribution in [0, 0.1) is 23.4 Å². The zero-order valence-corrected chi connectivity index (χ0v) is 13.8. The molecule has 126 valence electrons. The topological polar surface area (TPSA) is 37.4 Å². The normalized spacial score (nSPS) is 17.2. The lowest BCUT2D eigenvalue weighted by molar-refractivity contribution is -0.131. The van der Waals surface area contributed by atoms with Crippen LogP contribution in [0.5, 0.6) is 0 Å². The van der Waals surface area contributed by atoms with Crippen LogP contribution in [-0.4, -0.2) is 41.2 Å². The molecular weight excluding hydrogens is 327 g/mol. The molecule has 2 rings (SSSR count). The summed E-state index contributed by atoms with van der Waals surface area (Å²) in [6, 6.07) is 1.02. The van der Waals surface area contributed by atoms with E-state index in [0.717, 1.165) is 0 Å². The number of Topliss-reactive ketones (excluding diaryl/α,β-unsaturated/α-hetero) is 1. The van der Waals surface area contributed by atoms with E-state index in [1.165, 1.54) is 11.8 Å². The van der Waals surface area contributed by atoms with Crippen LogP contribution in [0.1, 0.15) is 30.1 Å². The van der Waals surface area contributed by atoms with Gasteiger partial charge >= 0.3 is 0 Å².